The molecule has 2 aromatic rings. The minimum absolute atomic E-state index is 0.298. The summed E-state index contributed by atoms with van der Waals surface area (Å²) < 4.78 is 0. The van der Waals surface area contributed by atoms with Crippen molar-refractivity contribution in [3.8, 4) is 12.3 Å². The van der Waals surface area contributed by atoms with Crippen LogP contribution in [0.5, 0.6) is 0 Å². The normalized spacial score (nSPS) is 9.82. The third-order valence-electron chi connectivity index (χ3n) is 2.54. The average Bonchev–Trinajstić information content (AvgIpc) is 2.35. The Bertz CT molecular complexity index is 611. The van der Waals surface area contributed by atoms with Crippen LogP contribution in [-0.2, 0) is 0 Å². The molecule has 0 saturated heterocycles. The number of anilines is 1. The minimum atomic E-state index is -0.926. The first-order valence-electron chi connectivity index (χ1n) is 5.16. The molecule has 0 bridgehead atoms. The highest BCUT2D eigenvalue weighted by Crippen LogP contribution is 2.26. The van der Waals surface area contributed by atoms with E-state index >= 15 is 0 Å². The molecular formula is C14H11NO2. The van der Waals surface area contributed by atoms with Gasteiger partial charge in [0.15, 0.2) is 0 Å². The summed E-state index contributed by atoms with van der Waals surface area (Å²) in [7, 11) is 0. The zero-order valence-electron chi connectivity index (χ0n) is 9.10. The summed E-state index contributed by atoms with van der Waals surface area (Å²) in [5.74, 6) is 1.56. The van der Waals surface area contributed by atoms with Gasteiger partial charge in [0.25, 0.3) is 0 Å². The van der Waals surface area contributed by atoms with Crippen molar-refractivity contribution >= 4 is 22.4 Å². The Hall–Kier alpha value is -2.47. The monoisotopic (exact) mass is 225 g/mol. The van der Waals surface area contributed by atoms with Gasteiger partial charge in [0.05, 0.1) is 12.1 Å². The predicted molar refractivity (Wildman–Crippen MR) is 68.2 cm³/mol. The molecule has 0 saturated carbocycles. The molecule has 0 radical (unpaired) electrons. The molecule has 17 heavy (non-hydrogen) atoms. The predicted octanol–water partition coefficient (Wildman–Crippen LogP) is 2.58. The summed E-state index contributed by atoms with van der Waals surface area (Å²) in [5.41, 5.74) is 1.15. The smallest absolute Gasteiger partial charge is 0.336 e. The van der Waals surface area contributed by atoms with E-state index in [2.05, 4.69) is 11.2 Å². The summed E-state index contributed by atoms with van der Waals surface area (Å²) in [5, 5.41) is 13.7. The van der Waals surface area contributed by atoms with Gasteiger partial charge in [-0.3, -0.25) is 0 Å². The van der Waals surface area contributed by atoms with Gasteiger partial charge in [0.2, 0.25) is 0 Å². The van der Waals surface area contributed by atoms with Crippen molar-refractivity contribution in [1.29, 1.82) is 0 Å². The highest BCUT2D eigenvalue weighted by molar-refractivity contribution is 6.07. The van der Waals surface area contributed by atoms with Crippen LogP contribution in [0, 0.1) is 12.3 Å². The largest absolute Gasteiger partial charge is 0.478 e. The number of terminal acetylenes is 1. The molecule has 84 valence electrons. The molecule has 0 aliphatic heterocycles. The maximum atomic E-state index is 11.1. The Morgan fingerprint density at radius 3 is 2.59 bits per heavy atom. The number of carbonyl (C=O) groups is 1. The van der Waals surface area contributed by atoms with E-state index in [1.54, 1.807) is 18.2 Å². The van der Waals surface area contributed by atoms with Crippen LogP contribution < -0.4 is 5.32 Å². The van der Waals surface area contributed by atoms with Gasteiger partial charge >= 0.3 is 5.97 Å². The van der Waals surface area contributed by atoms with Gasteiger partial charge < -0.3 is 10.4 Å². The molecule has 3 heteroatoms. The fourth-order valence-electron chi connectivity index (χ4n) is 1.79. The molecule has 0 aromatic heterocycles. The van der Waals surface area contributed by atoms with Crippen LogP contribution in [0.1, 0.15) is 10.4 Å². The number of hydrogen-bond donors (Lipinski definition) is 2. The quantitative estimate of drug-likeness (QED) is 0.789. The highest BCUT2D eigenvalue weighted by atomic mass is 16.4. The van der Waals surface area contributed by atoms with Crippen LogP contribution in [0.25, 0.3) is 10.8 Å². The fraction of sp³-hybridized carbons (Fsp3) is 0.0714. The molecule has 0 heterocycles. The molecule has 0 aliphatic carbocycles. The van der Waals surface area contributed by atoms with E-state index in [4.69, 9.17) is 11.5 Å². The molecule has 3 nitrogen and oxygen atoms in total. The summed E-state index contributed by atoms with van der Waals surface area (Å²) in [4.78, 5) is 11.1. The van der Waals surface area contributed by atoms with E-state index in [9.17, 15) is 4.79 Å². The Labute approximate surface area is 99.1 Å². The van der Waals surface area contributed by atoms with Crippen LogP contribution in [-0.4, -0.2) is 17.6 Å². The first kappa shape index (κ1) is 11.0. The SMILES string of the molecule is C#CCNc1ccc(C(=O)O)c2ccccc12. The van der Waals surface area contributed by atoms with Crippen molar-refractivity contribution in [3.63, 3.8) is 0 Å². The first-order chi connectivity index (χ1) is 8.24. The van der Waals surface area contributed by atoms with Crippen molar-refractivity contribution in [2.24, 2.45) is 0 Å². The molecule has 0 fully saturated rings. The molecule has 0 atom stereocenters. The summed E-state index contributed by atoms with van der Waals surface area (Å²) in [6.07, 6.45) is 5.19. The lowest BCUT2D eigenvalue weighted by Crippen LogP contribution is -2.02. The van der Waals surface area contributed by atoms with Gasteiger partial charge in [0, 0.05) is 11.1 Å². The molecule has 2 N–H and O–H groups in total. The van der Waals surface area contributed by atoms with Crippen molar-refractivity contribution in [1.82, 2.24) is 0 Å². The van der Waals surface area contributed by atoms with Crippen molar-refractivity contribution in [3.05, 3.63) is 42.0 Å². The van der Waals surface area contributed by atoms with E-state index in [0.717, 1.165) is 11.1 Å². The zero-order valence-corrected chi connectivity index (χ0v) is 9.10. The number of aromatic carboxylic acids is 1. The summed E-state index contributed by atoms with van der Waals surface area (Å²) >= 11 is 0. The Kier molecular flexibility index (Phi) is 2.97. The Morgan fingerprint density at radius 1 is 1.24 bits per heavy atom. The number of carboxylic acids is 1. The van der Waals surface area contributed by atoms with Crippen molar-refractivity contribution < 1.29 is 9.90 Å². The molecule has 0 aliphatic rings. The average molecular weight is 225 g/mol. The molecule has 2 aromatic carbocycles. The second-order valence-electron chi connectivity index (χ2n) is 3.57. The van der Waals surface area contributed by atoms with Gasteiger partial charge in [-0.2, -0.15) is 0 Å². The molecule has 0 spiro atoms. The number of carboxylic acid groups (broad SMARTS) is 1. The minimum Gasteiger partial charge on any atom is -0.478 e. The van der Waals surface area contributed by atoms with Crippen LogP contribution in [0.2, 0.25) is 0 Å². The molecule has 0 unspecified atom stereocenters. The van der Waals surface area contributed by atoms with Crippen LogP contribution in [0.3, 0.4) is 0 Å². The van der Waals surface area contributed by atoms with E-state index in [-0.39, 0.29) is 0 Å². The van der Waals surface area contributed by atoms with E-state index < -0.39 is 5.97 Å². The number of hydrogen-bond acceptors (Lipinski definition) is 2. The second kappa shape index (κ2) is 4.58. The highest BCUT2D eigenvalue weighted by Gasteiger charge is 2.10. The maximum absolute atomic E-state index is 11.1. The topological polar surface area (TPSA) is 49.3 Å². The molecular weight excluding hydrogens is 214 g/mol. The van der Waals surface area contributed by atoms with Gasteiger partial charge in [-0.05, 0) is 17.5 Å². The third kappa shape index (κ3) is 2.06. The Morgan fingerprint density at radius 2 is 1.94 bits per heavy atom. The van der Waals surface area contributed by atoms with Crippen LogP contribution in [0.15, 0.2) is 36.4 Å². The lowest BCUT2D eigenvalue weighted by Gasteiger charge is -2.09. The number of rotatable bonds is 3. The zero-order chi connectivity index (χ0) is 12.3. The molecule has 0 amide bonds. The number of fused-ring (bicyclic) bond motifs is 1. The first-order valence-corrected chi connectivity index (χ1v) is 5.16. The van der Waals surface area contributed by atoms with Crippen molar-refractivity contribution in [2.75, 3.05) is 11.9 Å². The maximum Gasteiger partial charge on any atom is 0.336 e. The number of benzene rings is 2. The second-order valence-corrected chi connectivity index (χ2v) is 3.57. The van der Waals surface area contributed by atoms with E-state index in [1.807, 2.05) is 18.2 Å². The van der Waals surface area contributed by atoms with E-state index in [1.165, 1.54) is 0 Å². The Balaban J connectivity index is 2.63. The summed E-state index contributed by atoms with van der Waals surface area (Å²) in [6, 6.07) is 10.7. The van der Waals surface area contributed by atoms with E-state index in [0.29, 0.717) is 17.5 Å². The van der Waals surface area contributed by atoms with Crippen molar-refractivity contribution in [2.45, 2.75) is 0 Å². The number of nitrogens with one attached hydrogen (secondary N) is 1. The van der Waals surface area contributed by atoms with Crippen LogP contribution >= 0.6 is 0 Å². The van der Waals surface area contributed by atoms with Gasteiger partial charge in [-0.25, -0.2) is 4.79 Å². The van der Waals surface area contributed by atoms with Gasteiger partial charge in [-0.15, -0.1) is 6.42 Å². The lowest BCUT2D eigenvalue weighted by atomic mass is 10.0. The summed E-state index contributed by atoms with van der Waals surface area (Å²) in [6.45, 7) is 0.413. The van der Waals surface area contributed by atoms with Crippen LogP contribution in [0.4, 0.5) is 5.69 Å². The molecule has 2 rings (SSSR count). The van der Waals surface area contributed by atoms with Gasteiger partial charge in [0.1, 0.15) is 0 Å². The third-order valence-corrected chi connectivity index (χ3v) is 2.54. The van der Waals surface area contributed by atoms with Gasteiger partial charge in [-0.1, -0.05) is 30.2 Å². The fourth-order valence-corrected chi connectivity index (χ4v) is 1.79. The standard InChI is InChI=1S/C14H11NO2/c1-2-9-15-13-8-7-12(14(16)17)10-5-3-4-6-11(10)13/h1,3-8,15H,9H2,(H,16,17). The lowest BCUT2D eigenvalue weighted by molar-refractivity contribution is 0.0699.